The SMILES string of the molecule is CC1(C#N)CCN(CC(O)C(=O)O)C1. The Labute approximate surface area is 82.6 Å². The van der Waals surface area contributed by atoms with Gasteiger partial charge in [-0.25, -0.2) is 4.79 Å². The molecule has 1 aliphatic heterocycles. The number of aliphatic hydroxyl groups is 1. The molecule has 1 heterocycles. The molecule has 78 valence electrons. The first kappa shape index (κ1) is 11.0. The first-order chi connectivity index (χ1) is 6.47. The lowest BCUT2D eigenvalue weighted by atomic mass is 9.92. The maximum Gasteiger partial charge on any atom is 0.333 e. The highest BCUT2D eigenvalue weighted by molar-refractivity contribution is 5.72. The van der Waals surface area contributed by atoms with E-state index in [2.05, 4.69) is 6.07 Å². The van der Waals surface area contributed by atoms with Crippen molar-refractivity contribution in [3.05, 3.63) is 0 Å². The lowest BCUT2D eigenvalue weighted by Gasteiger charge is -2.18. The highest BCUT2D eigenvalue weighted by atomic mass is 16.4. The second-order valence-corrected chi connectivity index (χ2v) is 4.01. The number of rotatable bonds is 3. The zero-order chi connectivity index (χ0) is 10.8. The maximum atomic E-state index is 10.4. The molecule has 0 aromatic heterocycles. The normalized spacial score (nSPS) is 29.8. The van der Waals surface area contributed by atoms with Crippen molar-refractivity contribution >= 4 is 5.97 Å². The molecule has 5 nitrogen and oxygen atoms in total. The van der Waals surface area contributed by atoms with Gasteiger partial charge in [0.25, 0.3) is 0 Å². The van der Waals surface area contributed by atoms with E-state index in [1.807, 2.05) is 11.8 Å². The molecule has 2 N–H and O–H groups in total. The van der Waals surface area contributed by atoms with Crippen molar-refractivity contribution in [2.45, 2.75) is 19.4 Å². The minimum atomic E-state index is -1.35. The van der Waals surface area contributed by atoms with Crippen LogP contribution in [0.1, 0.15) is 13.3 Å². The van der Waals surface area contributed by atoms with E-state index in [-0.39, 0.29) is 6.54 Å². The number of likely N-dealkylation sites (tertiary alicyclic amines) is 1. The second kappa shape index (κ2) is 3.95. The Morgan fingerprint density at radius 1 is 1.79 bits per heavy atom. The number of aliphatic hydroxyl groups excluding tert-OH is 1. The molecule has 0 amide bonds. The average Bonchev–Trinajstić information content (AvgIpc) is 2.48. The molecule has 1 rings (SSSR count). The van der Waals surface area contributed by atoms with Gasteiger partial charge in [0.05, 0.1) is 11.5 Å². The van der Waals surface area contributed by atoms with Crippen molar-refractivity contribution in [2.24, 2.45) is 5.41 Å². The average molecular weight is 198 g/mol. The molecule has 0 radical (unpaired) electrons. The predicted molar refractivity (Wildman–Crippen MR) is 48.4 cm³/mol. The van der Waals surface area contributed by atoms with Crippen LogP contribution in [0.15, 0.2) is 0 Å². The van der Waals surface area contributed by atoms with Crippen LogP contribution in [-0.4, -0.2) is 46.8 Å². The second-order valence-electron chi connectivity index (χ2n) is 4.01. The number of β-amino-alcohol motifs (C(OH)–C–C–N with tert-alkyl or cyclic N) is 1. The minimum absolute atomic E-state index is 0.104. The van der Waals surface area contributed by atoms with Crippen molar-refractivity contribution < 1.29 is 15.0 Å². The number of nitrogens with zero attached hydrogens (tertiary/aromatic N) is 2. The smallest absolute Gasteiger partial charge is 0.333 e. The number of hydrogen-bond donors (Lipinski definition) is 2. The van der Waals surface area contributed by atoms with Crippen LogP contribution < -0.4 is 0 Å². The van der Waals surface area contributed by atoms with Gasteiger partial charge in [0.15, 0.2) is 6.10 Å². The molecule has 0 aliphatic carbocycles. The van der Waals surface area contributed by atoms with Crippen LogP contribution in [0.3, 0.4) is 0 Å². The molecular formula is C9H14N2O3. The Kier molecular flexibility index (Phi) is 3.09. The summed E-state index contributed by atoms with van der Waals surface area (Å²) >= 11 is 0. The molecule has 1 saturated heterocycles. The van der Waals surface area contributed by atoms with Crippen LogP contribution in [0.4, 0.5) is 0 Å². The van der Waals surface area contributed by atoms with Gasteiger partial charge in [0.1, 0.15) is 0 Å². The van der Waals surface area contributed by atoms with Gasteiger partial charge >= 0.3 is 5.97 Å². The number of nitriles is 1. The Morgan fingerprint density at radius 3 is 2.86 bits per heavy atom. The first-order valence-electron chi connectivity index (χ1n) is 4.51. The summed E-state index contributed by atoms with van der Waals surface area (Å²) in [6.07, 6.45) is -0.619. The molecule has 0 spiro atoms. The third kappa shape index (κ3) is 2.44. The van der Waals surface area contributed by atoms with E-state index in [0.717, 1.165) is 6.42 Å². The van der Waals surface area contributed by atoms with Gasteiger partial charge in [0, 0.05) is 13.1 Å². The predicted octanol–water partition coefficient (Wildman–Crippen LogP) is -0.333. The van der Waals surface area contributed by atoms with Gasteiger partial charge in [0.2, 0.25) is 0 Å². The minimum Gasteiger partial charge on any atom is -0.479 e. The number of carboxylic acids is 1. The number of carboxylic acid groups (broad SMARTS) is 1. The molecule has 0 aromatic rings. The summed E-state index contributed by atoms with van der Waals surface area (Å²) in [5, 5.41) is 26.4. The summed E-state index contributed by atoms with van der Waals surface area (Å²) < 4.78 is 0. The molecule has 1 aliphatic rings. The van der Waals surface area contributed by atoms with Crippen LogP contribution in [0, 0.1) is 16.7 Å². The van der Waals surface area contributed by atoms with Gasteiger partial charge in [-0.15, -0.1) is 0 Å². The molecule has 14 heavy (non-hydrogen) atoms. The summed E-state index contributed by atoms with van der Waals surface area (Å²) in [5.41, 5.74) is -0.391. The summed E-state index contributed by atoms with van der Waals surface area (Å²) in [6.45, 7) is 3.16. The van der Waals surface area contributed by atoms with Crippen LogP contribution in [0.5, 0.6) is 0 Å². The van der Waals surface area contributed by atoms with E-state index in [9.17, 15) is 4.79 Å². The van der Waals surface area contributed by atoms with Crippen molar-refractivity contribution in [2.75, 3.05) is 19.6 Å². The number of hydrogen-bond acceptors (Lipinski definition) is 4. The fraction of sp³-hybridized carbons (Fsp3) is 0.778. The lowest BCUT2D eigenvalue weighted by molar-refractivity contribution is -0.147. The highest BCUT2D eigenvalue weighted by Crippen LogP contribution is 2.28. The molecule has 2 unspecified atom stereocenters. The Hall–Kier alpha value is -1.12. The Balaban J connectivity index is 2.45. The molecule has 1 fully saturated rings. The summed E-state index contributed by atoms with van der Waals surface area (Å²) in [6, 6.07) is 2.20. The number of carbonyl (C=O) groups is 1. The Morgan fingerprint density at radius 2 is 2.43 bits per heavy atom. The van der Waals surface area contributed by atoms with Crippen molar-refractivity contribution in [3.8, 4) is 6.07 Å². The largest absolute Gasteiger partial charge is 0.479 e. The summed E-state index contributed by atoms with van der Waals surface area (Å²) in [5.74, 6) is -1.21. The molecule has 0 bridgehead atoms. The quantitative estimate of drug-likeness (QED) is 0.648. The zero-order valence-electron chi connectivity index (χ0n) is 8.10. The van der Waals surface area contributed by atoms with Gasteiger partial charge in [-0.05, 0) is 19.9 Å². The molecule has 0 aromatic carbocycles. The fourth-order valence-corrected chi connectivity index (χ4v) is 1.63. The highest BCUT2D eigenvalue weighted by Gasteiger charge is 2.35. The van der Waals surface area contributed by atoms with E-state index < -0.39 is 17.5 Å². The van der Waals surface area contributed by atoms with E-state index >= 15 is 0 Å². The van der Waals surface area contributed by atoms with Crippen LogP contribution in [0.25, 0.3) is 0 Å². The van der Waals surface area contributed by atoms with E-state index in [4.69, 9.17) is 15.5 Å². The molecular weight excluding hydrogens is 184 g/mol. The standard InChI is InChI=1S/C9H14N2O3/c1-9(5-10)2-3-11(6-9)4-7(12)8(13)14/h7,12H,2-4,6H2,1H3,(H,13,14). The third-order valence-electron chi connectivity index (χ3n) is 2.54. The topological polar surface area (TPSA) is 84.6 Å². The summed E-state index contributed by atoms with van der Waals surface area (Å²) in [7, 11) is 0. The van der Waals surface area contributed by atoms with E-state index in [0.29, 0.717) is 13.1 Å². The Bertz CT molecular complexity index is 274. The third-order valence-corrected chi connectivity index (χ3v) is 2.54. The van der Waals surface area contributed by atoms with Gasteiger partial charge in [-0.2, -0.15) is 5.26 Å². The molecule has 0 saturated carbocycles. The van der Waals surface area contributed by atoms with Crippen LogP contribution in [-0.2, 0) is 4.79 Å². The zero-order valence-corrected chi connectivity index (χ0v) is 8.10. The van der Waals surface area contributed by atoms with Crippen LogP contribution in [0.2, 0.25) is 0 Å². The van der Waals surface area contributed by atoms with Crippen LogP contribution >= 0.6 is 0 Å². The van der Waals surface area contributed by atoms with E-state index in [1.165, 1.54) is 0 Å². The van der Waals surface area contributed by atoms with Crippen molar-refractivity contribution in [1.82, 2.24) is 4.90 Å². The van der Waals surface area contributed by atoms with Crippen molar-refractivity contribution in [1.29, 1.82) is 5.26 Å². The maximum absolute atomic E-state index is 10.4. The van der Waals surface area contributed by atoms with Gasteiger partial charge in [-0.1, -0.05) is 0 Å². The molecule has 5 heteroatoms. The molecule has 2 atom stereocenters. The van der Waals surface area contributed by atoms with Crippen molar-refractivity contribution in [3.63, 3.8) is 0 Å². The first-order valence-corrected chi connectivity index (χ1v) is 4.51. The fourth-order valence-electron chi connectivity index (χ4n) is 1.63. The van der Waals surface area contributed by atoms with E-state index in [1.54, 1.807) is 0 Å². The summed E-state index contributed by atoms with van der Waals surface area (Å²) in [4.78, 5) is 12.2. The monoisotopic (exact) mass is 198 g/mol. The lowest BCUT2D eigenvalue weighted by Crippen LogP contribution is -2.36. The number of aliphatic carboxylic acids is 1. The van der Waals surface area contributed by atoms with Gasteiger partial charge < -0.3 is 10.2 Å². The van der Waals surface area contributed by atoms with Gasteiger partial charge in [-0.3, -0.25) is 4.90 Å².